The first-order chi connectivity index (χ1) is 13.9. The maximum atomic E-state index is 13.2. The fourth-order valence-corrected chi connectivity index (χ4v) is 3.89. The number of nitrogens with one attached hydrogen (secondary N) is 1. The number of thioether (sulfide) groups is 1. The third-order valence-electron chi connectivity index (χ3n) is 4.15. The van der Waals surface area contributed by atoms with Crippen molar-refractivity contribution in [3.05, 3.63) is 65.2 Å². The van der Waals surface area contributed by atoms with Crippen molar-refractivity contribution in [3.63, 3.8) is 0 Å². The van der Waals surface area contributed by atoms with Gasteiger partial charge >= 0.3 is 5.97 Å². The van der Waals surface area contributed by atoms with Crippen molar-refractivity contribution < 1.29 is 23.1 Å². The summed E-state index contributed by atoms with van der Waals surface area (Å²) in [6, 6.07) is 9.81. The molecule has 152 valence electrons. The average molecular weight is 418 g/mol. The molecule has 0 aliphatic carbocycles. The number of aliphatic imine (C=N–C) groups is 1. The predicted molar refractivity (Wildman–Crippen MR) is 109 cm³/mol. The summed E-state index contributed by atoms with van der Waals surface area (Å²) >= 11 is 1.54. The minimum atomic E-state index is -0.713. The van der Waals surface area contributed by atoms with Crippen LogP contribution in [0.5, 0.6) is 0 Å². The van der Waals surface area contributed by atoms with Crippen molar-refractivity contribution in [2.45, 2.75) is 25.8 Å². The summed E-state index contributed by atoms with van der Waals surface area (Å²) in [5.41, 5.74) is 1.84. The van der Waals surface area contributed by atoms with Crippen LogP contribution in [0.25, 0.3) is 0 Å². The van der Waals surface area contributed by atoms with E-state index in [0.717, 1.165) is 28.8 Å². The van der Waals surface area contributed by atoms with Crippen molar-refractivity contribution >= 4 is 34.4 Å². The summed E-state index contributed by atoms with van der Waals surface area (Å²) in [5.74, 6) is -1.50. The molecule has 2 aromatic rings. The van der Waals surface area contributed by atoms with Gasteiger partial charge in [-0.05, 0) is 42.3 Å². The molecule has 2 aromatic carbocycles. The van der Waals surface area contributed by atoms with Crippen LogP contribution in [0.3, 0.4) is 0 Å². The molecule has 1 heterocycles. The van der Waals surface area contributed by atoms with Gasteiger partial charge in [-0.25, -0.2) is 13.6 Å². The Bertz CT molecular complexity index is 912. The maximum Gasteiger partial charge on any atom is 0.331 e. The Hall–Kier alpha value is -2.74. The van der Waals surface area contributed by atoms with Gasteiger partial charge in [-0.3, -0.25) is 9.79 Å². The van der Waals surface area contributed by atoms with Crippen LogP contribution in [-0.2, 0) is 27.2 Å². The Morgan fingerprint density at radius 3 is 2.48 bits per heavy atom. The Kier molecular flexibility index (Phi) is 6.98. The molecule has 0 radical (unpaired) electrons. The molecular formula is C21H20F2N2O3S. The molecule has 1 amide bonds. The van der Waals surface area contributed by atoms with Gasteiger partial charge < -0.3 is 10.1 Å². The van der Waals surface area contributed by atoms with Crippen LogP contribution in [0.4, 0.5) is 14.5 Å². The second-order valence-corrected chi connectivity index (χ2v) is 7.57. The van der Waals surface area contributed by atoms with Crippen LogP contribution in [-0.4, -0.2) is 35.3 Å². The number of hydrogen-bond acceptors (Lipinski definition) is 5. The van der Waals surface area contributed by atoms with Gasteiger partial charge in [-0.15, -0.1) is 11.8 Å². The molecule has 0 aromatic heterocycles. The number of amides is 1. The largest absolute Gasteiger partial charge is 0.464 e. The van der Waals surface area contributed by atoms with E-state index in [9.17, 15) is 18.4 Å². The quantitative estimate of drug-likeness (QED) is 0.695. The highest BCUT2D eigenvalue weighted by Crippen LogP contribution is 2.23. The first-order valence-electron chi connectivity index (χ1n) is 9.13. The molecule has 0 bridgehead atoms. The van der Waals surface area contributed by atoms with Crippen molar-refractivity contribution in [1.29, 1.82) is 0 Å². The molecule has 1 unspecified atom stereocenters. The summed E-state index contributed by atoms with van der Waals surface area (Å²) in [6.45, 7) is 2.10. The molecule has 5 nitrogen and oxygen atoms in total. The summed E-state index contributed by atoms with van der Waals surface area (Å²) in [7, 11) is 0. The van der Waals surface area contributed by atoms with E-state index >= 15 is 0 Å². The van der Waals surface area contributed by atoms with Gasteiger partial charge in [0.05, 0.1) is 18.1 Å². The van der Waals surface area contributed by atoms with Gasteiger partial charge in [0.1, 0.15) is 11.6 Å². The molecular weight excluding hydrogens is 398 g/mol. The smallest absolute Gasteiger partial charge is 0.331 e. The number of halogens is 2. The Balaban J connectivity index is 1.54. The maximum absolute atomic E-state index is 13.2. The van der Waals surface area contributed by atoms with E-state index in [1.165, 1.54) is 11.8 Å². The number of esters is 1. The number of rotatable bonds is 7. The molecule has 1 N–H and O–H groups in total. The van der Waals surface area contributed by atoms with Gasteiger partial charge in [-0.2, -0.15) is 0 Å². The summed E-state index contributed by atoms with van der Waals surface area (Å²) in [6.07, 6.45) is 0.469. The highest BCUT2D eigenvalue weighted by molar-refractivity contribution is 8.14. The van der Waals surface area contributed by atoms with Crippen LogP contribution >= 0.6 is 11.8 Å². The molecule has 3 rings (SSSR count). The number of hydrogen-bond donors (Lipinski definition) is 1. The Morgan fingerprint density at radius 2 is 1.83 bits per heavy atom. The second kappa shape index (κ2) is 9.65. The van der Waals surface area contributed by atoms with E-state index in [0.29, 0.717) is 24.5 Å². The van der Waals surface area contributed by atoms with E-state index in [1.807, 2.05) is 12.1 Å². The highest BCUT2D eigenvalue weighted by atomic mass is 32.2. The Labute approximate surface area is 171 Å². The van der Waals surface area contributed by atoms with E-state index in [2.05, 4.69) is 10.3 Å². The van der Waals surface area contributed by atoms with Crippen molar-refractivity contribution in [2.24, 2.45) is 4.99 Å². The zero-order valence-corrected chi connectivity index (χ0v) is 16.6. The van der Waals surface area contributed by atoms with Crippen molar-refractivity contribution in [2.75, 3.05) is 17.7 Å². The van der Waals surface area contributed by atoms with Crippen molar-refractivity contribution in [1.82, 2.24) is 0 Å². The van der Waals surface area contributed by atoms with Gasteiger partial charge in [0, 0.05) is 23.9 Å². The summed E-state index contributed by atoms with van der Waals surface area (Å²) in [5, 5.41) is 3.57. The van der Waals surface area contributed by atoms with E-state index in [1.54, 1.807) is 19.1 Å². The average Bonchev–Trinajstić information content (AvgIpc) is 3.11. The van der Waals surface area contributed by atoms with Crippen LogP contribution in [0.2, 0.25) is 0 Å². The molecule has 1 atom stereocenters. The molecule has 1 aliphatic rings. The zero-order valence-electron chi connectivity index (χ0n) is 15.8. The fraction of sp³-hybridized carbons (Fsp3) is 0.286. The zero-order chi connectivity index (χ0) is 20.8. The molecule has 0 fully saturated rings. The molecule has 0 saturated heterocycles. The monoisotopic (exact) mass is 418 g/mol. The third-order valence-corrected chi connectivity index (χ3v) is 5.21. The lowest BCUT2D eigenvalue weighted by molar-refractivity contribution is -0.143. The molecule has 1 aliphatic heterocycles. The number of benzene rings is 2. The van der Waals surface area contributed by atoms with Crippen LogP contribution in [0, 0.1) is 11.6 Å². The van der Waals surface area contributed by atoms with Crippen molar-refractivity contribution in [3.8, 4) is 0 Å². The summed E-state index contributed by atoms with van der Waals surface area (Å²) in [4.78, 5) is 28.2. The van der Waals surface area contributed by atoms with E-state index < -0.39 is 17.7 Å². The minimum Gasteiger partial charge on any atom is -0.464 e. The molecule has 29 heavy (non-hydrogen) atoms. The topological polar surface area (TPSA) is 67.8 Å². The minimum absolute atomic E-state index is 0.126. The number of ether oxygens (including phenoxy) is 1. The SMILES string of the molecule is CCOC(=O)C1CSC(Cc2ccc(NC(=O)Cc3cc(F)cc(F)c3)cc2)=N1. The lowest BCUT2D eigenvalue weighted by Crippen LogP contribution is -2.21. The first kappa shape index (κ1) is 21.0. The predicted octanol–water partition coefficient (Wildman–Crippen LogP) is 3.77. The van der Waals surface area contributed by atoms with E-state index in [4.69, 9.17) is 4.74 Å². The number of carbonyl (C=O) groups is 2. The lowest BCUT2D eigenvalue weighted by atomic mass is 10.1. The number of nitrogens with zero attached hydrogens (tertiary/aromatic N) is 1. The lowest BCUT2D eigenvalue weighted by Gasteiger charge is -2.07. The molecule has 0 spiro atoms. The first-order valence-corrected chi connectivity index (χ1v) is 10.1. The summed E-state index contributed by atoms with van der Waals surface area (Å²) < 4.78 is 31.4. The van der Waals surface area contributed by atoms with Gasteiger partial charge in [-0.1, -0.05) is 12.1 Å². The number of carbonyl (C=O) groups excluding carboxylic acids is 2. The van der Waals surface area contributed by atoms with Crippen LogP contribution in [0.15, 0.2) is 47.5 Å². The normalized spacial score (nSPS) is 15.7. The number of anilines is 1. The van der Waals surface area contributed by atoms with Gasteiger partial charge in [0.2, 0.25) is 5.91 Å². The van der Waals surface area contributed by atoms with Gasteiger partial charge in [0.25, 0.3) is 0 Å². The fourth-order valence-electron chi connectivity index (χ4n) is 2.86. The van der Waals surface area contributed by atoms with E-state index in [-0.39, 0.29) is 23.9 Å². The third kappa shape index (κ3) is 6.12. The Morgan fingerprint density at radius 1 is 1.14 bits per heavy atom. The van der Waals surface area contributed by atoms with Gasteiger partial charge in [0.15, 0.2) is 6.04 Å². The second-order valence-electron chi connectivity index (χ2n) is 6.48. The molecule has 0 saturated carbocycles. The highest BCUT2D eigenvalue weighted by Gasteiger charge is 2.25. The van der Waals surface area contributed by atoms with Crippen LogP contribution < -0.4 is 5.32 Å². The van der Waals surface area contributed by atoms with Crippen LogP contribution in [0.1, 0.15) is 18.1 Å². The molecule has 8 heteroatoms. The standard InChI is InChI=1S/C21H20F2N2O3S/c1-2-28-21(27)18-12-29-20(25-18)10-13-3-5-17(6-4-13)24-19(26)9-14-7-15(22)11-16(23)8-14/h3-8,11,18H,2,9-10,12H2,1H3,(H,24,26).